The Balaban J connectivity index is 2.19. The third kappa shape index (κ3) is 2.14. The van der Waals surface area contributed by atoms with Crippen LogP contribution in [0.5, 0.6) is 0 Å². The molecule has 0 nitrogen and oxygen atoms in total. The van der Waals surface area contributed by atoms with Crippen LogP contribution in [0.4, 0.5) is 0 Å². The molecule has 4 unspecified atom stereocenters. The van der Waals surface area contributed by atoms with E-state index < -0.39 is 0 Å². The number of fused-ring (bicyclic) bond motifs is 1. The maximum atomic E-state index is 3.78. The van der Waals surface area contributed by atoms with Gasteiger partial charge in [0.25, 0.3) is 0 Å². The number of rotatable bonds is 1. The molecule has 84 valence electrons. The van der Waals surface area contributed by atoms with Crippen LogP contribution in [0.25, 0.3) is 0 Å². The molecule has 0 aromatic carbocycles. The summed E-state index contributed by atoms with van der Waals surface area (Å²) in [5.41, 5.74) is 1.55. The van der Waals surface area contributed by atoms with Crippen LogP contribution in [0.1, 0.15) is 47.0 Å². The molecule has 1 saturated carbocycles. The SMILES string of the molecule is CC1=CC2C([C]C1C)CCCC2C(C)C. The summed E-state index contributed by atoms with van der Waals surface area (Å²) in [5.74, 6) is 3.88. The average molecular weight is 204 g/mol. The van der Waals surface area contributed by atoms with E-state index in [0.29, 0.717) is 5.92 Å². The molecule has 0 heteroatoms. The third-order valence-electron chi connectivity index (χ3n) is 4.47. The van der Waals surface area contributed by atoms with Crippen molar-refractivity contribution in [3.8, 4) is 0 Å². The standard InChI is InChI=1S/C15H24/c1-10(2)14-7-5-6-13-8-11(3)12(4)9-15(13)14/h9-11,13-15H,5-7H2,1-4H3. The summed E-state index contributed by atoms with van der Waals surface area (Å²) in [4.78, 5) is 0. The minimum absolute atomic E-state index is 0.595. The van der Waals surface area contributed by atoms with Gasteiger partial charge in [-0.25, -0.2) is 0 Å². The van der Waals surface area contributed by atoms with Crippen LogP contribution in [0, 0.1) is 36.0 Å². The van der Waals surface area contributed by atoms with Gasteiger partial charge in [-0.2, -0.15) is 0 Å². The summed E-state index contributed by atoms with van der Waals surface area (Å²) >= 11 is 0. The van der Waals surface area contributed by atoms with Crippen molar-refractivity contribution in [1.29, 1.82) is 0 Å². The van der Waals surface area contributed by atoms with E-state index in [0.717, 1.165) is 23.7 Å². The van der Waals surface area contributed by atoms with E-state index in [4.69, 9.17) is 0 Å². The van der Waals surface area contributed by atoms with Crippen LogP contribution in [0.3, 0.4) is 0 Å². The molecular formula is C15H24. The van der Waals surface area contributed by atoms with Crippen molar-refractivity contribution in [2.75, 3.05) is 0 Å². The highest BCUT2D eigenvalue weighted by molar-refractivity contribution is 5.18. The van der Waals surface area contributed by atoms with Crippen molar-refractivity contribution in [2.24, 2.45) is 29.6 Å². The molecule has 0 bridgehead atoms. The van der Waals surface area contributed by atoms with Gasteiger partial charge in [-0.3, -0.25) is 0 Å². The highest BCUT2D eigenvalue weighted by atomic mass is 14.4. The van der Waals surface area contributed by atoms with Gasteiger partial charge in [0.2, 0.25) is 0 Å². The Morgan fingerprint density at radius 2 is 2.07 bits per heavy atom. The predicted molar refractivity (Wildman–Crippen MR) is 65.3 cm³/mol. The van der Waals surface area contributed by atoms with Crippen molar-refractivity contribution in [2.45, 2.75) is 47.0 Å². The lowest BCUT2D eigenvalue weighted by atomic mass is 9.62. The van der Waals surface area contributed by atoms with E-state index in [1.165, 1.54) is 19.3 Å². The summed E-state index contributed by atoms with van der Waals surface area (Å²) in [6.45, 7) is 9.34. The lowest BCUT2D eigenvalue weighted by Gasteiger charge is -2.43. The summed E-state index contributed by atoms with van der Waals surface area (Å²) in [6, 6.07) is 0. The van der Waals surface area contributed by atoms with Crippen molar-refractivity contribution in [3.63, 3.8) is 0 Å². The second kappa shape index (κ2) is 4.31. The molecule has 0 N–H and O–H groups in total. The maximum absolute atomic E-state index is 3.78. The smallest absolute Gasteiger partial charge is 0.00592 e. The molecule has 0 amide bonds. The second-order valence-electron chi connectivity index (χ2n) is 5.82. The molecule has 2 aliphatic rings. The van der Waals surface area contributed by atoms with Crippen LogP contribution in [-0.4, -0.2) is 0 Å². The Bertz CT molecular complexity index is 249. The maximum Gasteiger partial charge on any atom is -0.00592 e. The molecule has 2 radical (unpaired) electrons. The van der Waals surface area contributed by atoms with Gasteiger partial charge in [0.05, 0.1) is 0 Å². The van der Waals surface area contributed by atoms with E-state index in [1.807, 2.05) is 0 Å². The second-order valence-corrected chi connectivity index (χ2v) is 5.82. The highest BCUT2D eigenvalue weighted by Crippen LogP contribution is 2.46. The van der Waals surface area contributed by atoms with Gasteiger partial charge in [-0.1, -0.05) is 38.8 Å². The molecule has 0 spiro atoms. The van der Waals surface area contributed by atoms with Gasteiger partial charge in [0, 0.05) is 0 Å². The zero-order chi connectivity index (χ0) is 11.0. The molecule has 15 heavy (non-hydrogen) atoms. The van der Waals surface area contributed by atoms with Gasteiger partial charge in [0.1, 0.15) is 0 Å². The molecule has 1 fully saturated rings. The lowest BCUT2D eigenvalue weighted by molar-refractivity contribution is 0.155. The van der Waals surface area contributed by atoms with E-state index in [1.54, 1.807) is 5.57 Å². The largest absolute Gasteiger partial charge is 0.0816 e. The van der Waals surface area contributed by atoms with E-state index >= 15 is 0 Å². The van der Waals surface area contributed by atoms with Crippen molar-refractivity contribution < 1.29 is 0 Å². The monoisotopic (exact) mass is 204 g/mol. The Morgan fingerprint density at radius 3 is 2.73 bits per heavy atom. The average Bonchev–Trinajstić information content (AvgIpc) is 2.18. The quantitative estimate of drug-likeness (QED) is 0.557. The van der Waals surface area contributed by atoms with Crippen LogP contribution < -0.4 is 0 Å². The van der Waals surface area contributed by atoms with E-state index in [9.17, 15) is 0 Å². The minimum atomic E-state index is 0.595. The van der Waals surface area contributed by atoms with Crippen LogP contribution in [0.15, 0.2) is 11.6 Å². The summed E-state index contributed by atoms with van der Waals surface area (Å²) in [6.07, 6.45) is 10.6. The summed E-state index contributed by atoms with van der Waals surface area (Å²) in [7, 11) is 0. The molecule has 0 aliphatic heterocycles. The highest BCUT2D eigenvalue weighted by Gasteiger charge is 2.37. The van der Waals surface area contributed by atoms with E-state index in [2.05, 4.69) is 40.2 Å². The Kier molecular flexibility index (Phi) is 3.23. The molecule has 4 atom stereocenters. The van der Waals surface area contributed by atoms with Gasteiger partial charge >= 0.3 is 0 Å². The first-order valence-electron chi connectivity index (χ1n) is 6.54. The lowest BCUT2D eigenvalue weighted by Crippen LogP contribution is -2.34. The molecular weight excluding hydrogens is 180 g/mol. The minimum Gasteiger partial charge on any atom is -0.0816 e. The van der Waals surface area contributed by atoms with Crippen molar-refractivity contribution in [1.82, 2.24) is 0 Å². The summed E-state index contributed by atoms with van der Waals surface area (Å²) in [5, 5.41) is 0. The Hall–Kier alpha value is -0.260. The van der Waals surface area contributed by atoms with Gasteiger partial charge < -0.3 is 0 Å². The Morgan fingerprint density at radius 1 is 1.33 bits per heavy atom. The summed E-state index contributed by atoms with van der Waals surface area (Å²) < 4.78 is 0. The number of allylic oxidation sites excluding steroid dienone is 2. The molecule has 0 heterocycles. The zero-order valence-corrected chi connectivity index (χ0v) is 10.6. The van der Waals surface area contributed by atoms with Crippen LogP contribution in [0.2, 0.25) is 0 Å². The fourth-order valence-electron chi connectivity index (χ4n) is 3.37. The first-order valence-corrected chi connectivity index (χ1v) is 6.54. The molecule has 0 aromatic rings. The molecule has 0 aromatic heterocycles. The third-order valence-corrected chi connectivity index (χ3v) is 4.47. The fraction of sp³-hybridized carbons (Fsp3) is 0.800. The molecule has 0 saturated heterocycles. The van der Waals surface area contributed by atoms with Crippen LogP contribution >= 0.6 is 0 Å². The number of hydrogen-bond acceptors (Lipinski definition) is 0. The van der Waals surface area contributed by atoms with Gasteiger partial charge in [0.15, 0.2) is 0 Å². The van der Waals surface area contributed by atoms with Crippen molar-refractivity contribution in [3.05, 3.63) is 18.1 Å². The van der Waals surface area contributed by atoms with Gasteiger partial charge in [-0.15, -0.1) is 0 Å². The fourth-order valence-corrected chi connectivity index (χ4v) is 3.37. The molecule has 2 rings (SSSR count). The first-order chi connectivity index (χ1) is 7.09. The van der Waals surface area contributed by atoms with Crippen LogP contribution in [-0.2, 0) is 0 Å². The number of hydrogen-bond donors (Lipinski definition) is 0. The van der Waals surface area contributed by atoms with E-state index in [-0.39, 0.29) is 0 Å². The molecule has 2 aliphatic carbocycles. The van der Waals surface area contributed by atoms with Gasteiger partial charge in [-0.05, 0) is 55.8 Å². The Labute approximate surface area is 95.1 Å². The normalized spacial score (nSPS) is 41.3. The zero-order valence-electron chi connectivity index (χ0n) is 10.6. The predicted octanol–water partition coefficient (Wildman–Crippen LogP) is 4.35. The topological polar surface area (TPSA) is 0 Å². The first kappa shape index (κ1) is 11.2. The van der Waals surface area contributed by atoms with Crippen molar-refractivity contribution >= 4 is 0 Å².